The number of nitrogens with zero attached hydrogens (tertiary/aromatic N) is 1. The summed E-state index contributed by atoms with van der Waals surface area (Å²) in [6.45, 7) is 0. The van der Waals surface area contributed by atoms with E-state index in [2.05, 4.69) is 0 Å². The van der Waals surface area contributed by atoms with Crippen molar-refractivity contribution in [2.45, 2.75) is 38.5 Å². The third-order valence-corrected chi connectivity index (χ3v) is 4.88. The average Bonchev–Trinajstić information content (AvgIpc) is 2.87. The van der Waals surface area contributed by atoms with Crippen LogP contribution < -0.4 is 4.90 Å². The van der Waals surface area contributed by atoms with Crippen LogP contribution >= 0.6 is 11.3 Å². The van der Waals surface area contributed by atoms with E-state index in [9.17, 15) is 19.5 Å². The number of aryl methyl sites for hydroxylation is 1. The Balaban J connectivity index is 2.12. The Morgan fingerprint density at radius 2 is 1.68 bits per heavy atom. The molecule has 0 saturated carbocycles. The van der Waals surface area contributed by atoms with Crippen LogP contribution in [0.3, 0.4) is 0 Å². The molecule has 0 aromatic carbocycles. The second-order valence-corrected chi connectivity index (χ2v) is 5.90. The predicted molar refractivity (Wildman–Crippen MR) is 69.6 cm³/mol. The highest BCUT2D eigenvalue weighted by atomic mass is 32.1. The second-order valence-electron chi connectivity index (χ2n) is 4.82. The van der Waals surface area contributed by atoms with Crippen LogP contribution in [0, 0.1) is 0 Å². The summed E-state index contributed by atoms with van der Waals surface area (Å²) in [4.78, 5) is 37.4. The van der Waals surface area contributed by atoms with Gasteiger partial charge >= 0.3 is 5.97 Å². The van der Waals surface area contributed by atoms with Crippen molar-refractivity contribution in [3.05, 3.63) is 16.0 Å². The van der Waals surface area contributed by atoms with Gasteiger partial charge in [-0.3, -0.25) is 9.59 Å². The van der Waals surface area contributed by atoms with Crippen LogP contribution in [-0.2, 0) is 22.4 Å². The number of aromatic carboxylic acids is 1. The quantitative estimate of drug-likeness (QED) is 0.840. The minimum absolute atomic E-state index is 0.168. The number of carboxylic acids is 1. The molecule has 5 nitrogen and oxygen atoms in total. The van der Waals surface area contributed by atoms with Gasteiger partial charge < -0.3 is 5.11 Å². The number of imide groups is 1. The van der Waals surface area contributed by atoms with Gasteiger partial charge in [0.2, 0.25) is 11.8 Å². The van der Waals surface area contributed by atoms with Gasteiger partial charge in [0.1, 0.15) is 5.00 Å². The SMILES string of the molecule is O=C(O)c1c(N2C(=O)CCCC2=O)sc2c1CCC2. The highest BCUT2D eigenvalue weighted by Crippen LogP contribution is 2.42. The molecule has 1 aliphatic heterocycles. The summed E-state index contributed by atoms with van der Waals surface area (Å²) in [5, 5.41) is 9.71. The van der Waals surface area contributed by atoms with Crippen molar-refractivity contribution >= 4 is 34.1 Å². The maximum atomic E-state index is 11.9. The van der Waals surface area contributed by atoms with Crippen LogP contribution in [0.4, 0.5) is 5.00 Å². The summed E-state index contributed by atoms with van der Waals surface area (Å²) < 4.78 is 0. The predicted octanol–water partition coefficient (Wildman–Crippen LogP) is 1.98. The normalized spacial score (nSPS) is 18.8. The van der Waals surface area contributed by atoms with Crippen LogP contribution in [0.2, 0.25) is 0 Å². The number of piperidine rings is 1. The first-order chi connectivity index (χ1) is 9.09. The molecular formula is C13H13NO4S. The summed E-state index contributed by atoms with van der Waals surface area (Å²) in [5.41, 5.74) is 0.986. The number of rotatable bonds is 2. The van der Waals surface area contributed by atoms with Gasteiger partial charge in [0, 0.05) is 17.7 Å². The van der Waals surface area contributed by atoms with E-state index < -0.39 is 5.97 Å². The molecule has 1 fully saturated rings. The van der Waals surface area contributed by atoms with E-state index in [0.29, 0.717) is 24.3 Å². The zero-order valence-electron chi connectivity index (χ0n) is 10.3. The van der Waals surface area contributed by atoms with Gasteiger partial charge in [-0.15, -0.1) is 11.3 Å². The number of amides is 2. The van der Waals surface area contributed by atoms with Crippen molar-refractivity contribution in [2.24, 2.45) is 0 Å². The minimum atomic E-state index is -1.04. The zero-order chi connectivity index (χ0) is 13.6. The first kappa shape index (κ1) is 12.3. The molecule has 1 saturated heterocycles. The van der Waals surface area contributed by atoms with Crippen LogP contribution in [0.1, 0.15) is 46.5 Å². The monoisotopic (exact) mass is 279 g/mol. The smallest absolute Gasteiger partial charge is 0.339 e. The fourth-order valence-corrected chi connectivity index (χ4v) is 4.16. The summed E-state index contributed by atoms with van der Waals surface area (Å²) >= 11 is 1.29. The molecule has 2 aliphatic rings. The fraction of sp³-hybridized carbons (Fsp3) is 0.462. The van der Waals surface area contributed by atoms with Crippen molar-refractivity contribution in [1.82, 2.24) is 0 Å². The Labute approximate surface area is 113 Å². The van der Waals surface area contributed by atoms with E-state index in [1.165, 1.54) is 11.3 Å². The molecule has 1 aromatic heterocycles. The zero-order valence-corrected chi connectivity index (χ0v) is 11.1. The van der Waals surface area contributed by atoms with Crippen molar-refractivity contribution in [3.8, 4) is 0 Å². The summed E-state index contributed by atoms with van der Waals surface area (Å²) in [6.07, 6.45) is 3.70. The Kier molecular flexibility index (Phi) is 2.89. The molecule has 0 spiro atoms. The van der Waals surface area contributed by atoms with E-state index in [-0.39, 0.29) is 17.4 Å². The van der Waals surface area contributed by atoms with E-state index in [1.54, 1.807) is 0 Å². The lowest BCUT2D eigenvalue weighted by Crippen LogP contribution is -2.40. The molecule has 0 atom stereocenters. The van der Waals surface area contributed by atoms with E-state index >= 15 is 0 Å². The number of carboxylic acid groups (broad SMARTS) is 1. The van der Waals surface area contributed by atoms with Crippen LogP contribution in [0.15, 0.2) is 0 Å². The molecule has 0 bridgehead atoms. The molecule has 19 heavy (non-hydrogen) atoms. The molecule has 100 valence electrons. The van der Waals surface area contributed by atoms with Crippen LogP contribution in [0.5, 0.6) is 0 Å². The van der Waals surface area contributed by atoms with Gasteiger partial charge in [0.15, 0.2) is 0 Å². The fourth-order valence-electron chi connectivity index (χ4n) is 2.75. The number of fused-ring (bicyclic) bond motifs is 1. The summed E-state index contributed by atoms with van der Waals surface area (Å²) in [6, 6.07) is 0. The number of carbonyl (C=O) groups excluding carboxylic acids is 2. The number of hydrogen-bond donors (Lipinski definition) is 1. The van der Waals surface area contributed by atoms with E-state index in [0.717, 1.165) is 34.6 Å². The lowest BCUT2D eigenvalue weighted by Gasteiger charge is -2.24. The van der Waals surface area contributed by atoms with E-state index in [4.69, 9.17) is 0 Å². The van der Waals surface area contributed by atoms with Gasteiger partial charge in [-0.2, -0.15) is 0 Å². The number of hydrogen-bond acceptors (Lipinski definition) is 4. The minimum Gasteiger partial charge on any atom is -0.478 e. The molecule has 0 radical (unpaired) electrons. The molecule has 6 heteroatoms. The lowest BCUT2D eigenvalue weighted by molar-refractivity contribution is -0.128. The first-order valence-electron chi connectivity index (χ1n) is 6.33. The number of carbonyl (C=O) groups is 3. The number of thiophene rings is 1. The molecule has 0 unspecified atom stereocenters. The topological polar surface area (TPSA) is 74.7 Å². The maximum Gasteiger partial charge on any atom is 0.339 e. The van der Waals surface area contributed by atoms with Gasteiger partial charge in [-0.05, 0) is 31.2 Å². The molecule has 1 N–H and O–H groups in total. The Bertz CT molecular complexity index is 574. The highest BCUT2D eigenvalue weighted by Gasteiger charge is 2.35. The van der Waals surface area contributed by atoms with Crippen molar-refractivity contribution in [2.75, 3.05) is 4.90 Å². The Hall–Kier alpha value is -1.69. The third kappa shape index (κ3) is 1.87. The molecular weight excluding hydrogens is 266 g/mol. The summed E-state index contributed by atoms with van der Waals surface area (Å²) in [7, 11) is 0. The average molecular weight is 279 g/mol. The third-order valence-electron chi connectivity index (χ3n) is 3.60. The van der Waals surface area contributed by atoms with E-state index in [1.807, 2.05) is 0 Å². The highest BCUT2D eigenvalue weighted by molar-refractivity contribution is 7.17. The molecule has 1 aliphatic carbocycles. The Morgan fingerprint density at radius 3 is 2.32 bits per heavy atom. The largest absolute Gasteiger partial charge is 0.478 e. The second kappa shape index (κ2) is 4.45. The van der Waals surface area contributed by atoms with Crippen LogP contribution in [0.25, 0.3) is 0 Å². The number of anilines is 1. The standard InChI is InChI=1S/C13H13NO4S/c15-9-5-2-6-10(16)14(9)12-11(13(17)18)7-3-1-4-8(7)19-12/h1-6H2,(H,17,18). The van der Waals surface area contributed by atoms with Gasteiger partial charge in [-0.1, -0.05) is 0 Å². The van der Waals surface area contributed by atoms with Crippen molar-refractivity contribution in [1.29, 1.82) is 0 Å². The lowest BCUT2D eigenvalue weighted by atomic mass is 10.1. The van der Waals surface area contributed by atoms with Gasteiger partial charge in [0.25, 0.3) is 0 Å². The molecule has 2 heterocycles. The molecule has 1 aromatic rings. The Morgan fingerprint density at radius 1 is 1.05 bits per heavy atom. The molecule has 3 rings (SSSR count). The van der Waals surface area contributed by atoms with Gasteiger partial charge in [-0.25, -0.2) is 9.69 Å². The summed E-state index contributed by atoms with van der Waals surface area (Å²) in [5.74, 6) is -1.60. The van der Waals surface area contributed by atoms with Crippen molar-refractivity contribution < 1.29 is 19.5 Å². The molecule has 2 amide bonds. The van der Waals surface area contributed by atoms with Gasteiger partial charge in [0.05, 0.1) is 5.56 Å². The van der Waals surface area contributed by atoms with Crippen LogP contribution in [-0.4, -0.2) is 22.9 Å². The van der Waals surface area contributed by atoms with Crippen molar-refractivity contribution in [3.63, 3.8) is 0 Å². The maximum absolute atomic E-state index is 11.9. The first-order valence-corrected chi connectivity index (χ1v) is 7.15.